The van der Waals surface area contributed by atoms with Gasteiger partial charge in [-0.15, -0.1) is 12.4 Å². The van der Waals surface area contributed by atoms with Gasteiger partial charge in [-0.25, -0.2) is 0 Å². The van der Waals surface area contributed by atoms with Gasteiger partial charge < -0.3 is 10.6 Å². The van der Waals surface area contributed by atoms with Crippen molar-refractivity contribution >= 4 is 18.3 Å². The van der Waals surface area contributed by atoms with Crippen LogP contribution in [0.25, 0.3) is 0 Å². The quantitative estimate of drug-likeness (QED) is 0.779. The lowest BCUT2D eigenvalue weighted by Gasteiger charge is -2.08. The first-order chi connectivity index (χ1) is 8.13. The van der Waals surface area contributed by atoms with Crippen LogP contribution in [0.2, 0.25) is 0 Å². The van der Waals surface area contributed by atoms with Crippen molar-refractivity contribution in [1.29, 1.82) is 0 Å². The maximum Gasteiger partial charge on any atom is 0.220 e. The molecule has 0 aliphatic rings. The van der Waals surface area contributed by atoms with Gasteiger partial charge in [-0.2, -0.15) is 0 Å². The van der Waals surface area contributed by atoms with E-state index in [2.05, 4.69) is 42.7 Å². The molecule has 4 heteroatoms. The highest BCUT2D eigenvalue weighted by Crippen LogP contribution is 2.10. The Labute approximate surface area is 116 Å². The molecule has 18 heavy (non-hydrogen) atoms. The van der Waals surface area contributed by atoms with E-state index in [4.69, 9.17) is 0 Å². The second-order valence-corrected chi connectivity index (χ2v) is 4.41. The van der Waals surface area contributed by atoms with Gasteiger partial charge in [-0.05, 0) is 45.0 Å². The molecule has 0 radical (unpaired) electrons. The van der Waals surface area contributed by atoms with Gasteiger partial charge in [-0.3, -0.25) is 4.79 Å². The number of rotatable bonds is 6. The number of nitrogens with one attached hydrogen (secondary N) is 2. The largest absolute Gasteiger partial charge is 0.352 e. The molecule has 102 valence electrons. The Morgan fingerprint density at radius 2 is 2.00 bits per heavy atom. The number of carbonyl (C=O) groups is 1. The van der Waals surface area contributed by atoms with Crippen molar-refractivity contribution < 1.29 is 4.79 Å². The van der Waals surface area contributed by atoms with Crippen LogP contribution in [0.1, 0.15) is 29.5 Å². The van der Waals surface area contributed by atoms with E-state index in [1.54, 1.807) is 0 Å². The number of amides is 1. The Hall–Kier alpha value is -1.06. The summed E-state index contributed by atoms with van der Waals surface area (Å²) < 4.78 is 0. The number of hydrogen-bond donors (Lipinski definition) is 2. The Balaban J connectivity index is 0.00000289. The third-order valence-electron chi connectivity index (χ3n) is 2.80. The number of hydrogen-bond acceptors (Lipinski definition) is 2. The fraction of sp³-hybridized carbons (Fsp3) is 0.500. The van der Waals surface area contributed by atoms with Crippen LogP contribution in [0, 0.1) is 13.8 Å². The Morgan fingerprint density at radius 1 is 1.28 bits per heavy atom. The summed E-state index contributed by atoms with van der Waals surface area (Å²) in [5.74, 6) is 0.125. The van der Waals surface area contributed by atoms with Gasteiger partial charge in [0.15, 0.2) is 0 Å². The molecule has 1 amide bonds. The smallest absolute Gasteiger partial charge is 0.220 e. The normalized spacial score (nSPS) is 9.72. The summed E-state index contributed by atoms with van der Waals surface area (Å²) in [5, 5.41) is 5.98. The van der Waals surface area contributed by atoms with Gasteiger partial charge in [0.2, 0.25) is 5.91 Å². The van der Waals surface area contributed by atoms with Crippen LogP contribution in [-0.2, 0) is 11.3 Å². The first-order valence-corrected chi connectivity index (χ1v) is 6.11. The maximum absolute atomic E-state index is 11.5. The Kier molecular flexibility index (Phi) is 8.42. The van der Waals surface area contributed by atoms with Crippen molar-refractivity contribution in [2.24, 2.45) is 0 Å². The highest BCUT2D eigenvalue weighted by atomic mass is 35.5. The molecule has 0 unspecified atom stereocenters. The minimum atomic E-state index is 0. The van der Waals surface area contributed by atoms with Crippen LogP contribution in [0.15, 0.2) is 18.2 Å². The van der Waals surface area contributed by atoms with E-state index in [1.165, 1.54) is 16.7 Å². The van der Waals surface area contributed by atoms with Crippen LogP contribution in [0.4, 0.5) is 0 Å². The van der Waals surface area contributed by atoms with Crippen molar-refractivity contribution in [2.75, 3.05) is 13.6 Å². The van der Waals surface area contributed by atoms with Crippen molar-refractivity contribution in [2.45, 2.75) is 33.2 Å². The fourth-order valence-corrected chi connectivity index (χ4v) is 1.75. The summed E-state index contributed by atoms with van der Waals surface area (Å²) in [4.78, 5) is 11.5. The molecule has 0 heterocycles. The first-order valence-electron chi connectivity index (χ1n) is 6.11. The molecule has 1 rings (SSSR count). The summed E-state index contributed by atoms with van der Waals surface area (Å²) in [5.41, 5.74) is 3.68. The van der Waals surface area contributed by atoms with Crippen LogP contribution >= 0.6 is 12.4 Å². The Morgan fingerprint density at radius 3 is 2.61 bits per heavy atom. The lowest BCUT2D eigenvalue weighted by molar-refractivity contribution is -0.121. The van der Waals surface area contributed by atoms with E-state index < -0.39 is 0 Å². The molecule has 0 bridgehead atoms. The van der Waals surface area contributed by atoms with Crippen LogP contribution in [-0.4, -0.2) is 19.5 Å². The Bertz CT molecular complexity index is 380. The van der Waals surface area contributed by atoms with Gasteiger partial charge in [0.25, 0.3) is 0 Å². The molecule has 0 saturated carbocycles. The molecule has 1 aromatic carbocycles. The zero-order chi connectivity index (χ0) is 12.7. The van der Waals surface area contributed by atoms with Gasteiger partial charge in [-0.1, -0.05) is 23.8 Å². The van der Waals surface area contributed by atoms with Gasteiger partial charge >= 0.3 is 0 Å². The second-order valence-electron chi connectivity index (χ2n) is 4.41. The molecule has 0 aliphatic carbocycles. The van der Waals surface area contributed by atoms with E-state index in [9.17, 15) is 4.79 Å². The number of carbonyl (C=O) groups excluding carboxylic acids is 1. The van der Waals surface area contributed by atoms with E-state index in [0.29, 0.717) is 13.0 Å². The van der Waals surface area contributed by atoms with E-state index in [-0.39, 0.29) is 18.3 Å². The summed E-state index contributed by atoms with van der Waals surface area (Å²) in [6.07, 6.45) is 1.47. The minimum absolute atomic E-state index is 0. The lowest BCUT2D eigenvalue weighted by Crippen LogP contribution is -2.24. The molecular weight excluding hydrogens is 248 g/mol. The van der Waals surface area contributed by atoms with E-state index in [1.807, 2.05) is 7.05 Å². The molecule has 0 fully saturated rings. The highest BCUT2D eigenvalue weighted by Gasteiger charge is 2.02. The van der Waals surface area contributed by atoms with Gasteiger partial charge in [0, 0.05) is 13.0 Å². The SMILES string of the molecule is CNCCCC(=O)NCc1ccc(C)cc1C.Cl. The van der Waals surface area contributed by atoms with Crippen molar-refractivity contribution in [3.63, 3.8) is 0 Å². The van der Waals surface area contributed by atoms with Crippen molar-refractivity contribution in [3.8, 4) is 0 Å². The van der Waals surface area contributed by atoms with Crippen molar-refractivity contribution in [3.05, 3.63) is 34.9 Å². The summed E-state index contributed by atoms with van der Waals surface area (Å²) in [7, 11) is 1.90. The first kappa shape index (κ1) is 16.9. The third kappa shape index (κ3) is 6.03. The second kappa shape index (κ2) is 8.95. The molecule has 0 spiro atoms. The van der Waals surface area contributed by atoms with Crippen LogP contribution < -0.4 is 10.6 Å². The predicted molar refractivity (Wildman–Crippen MR) is 78.2 cm³/mol. The third-order valence-corrected chi connectivity index (χ3v) is 2.80. The molecule has 2 N–H and O–H groups in total. The maximum atomic E-state index is 11.5. The average Bonchev–Trinajstić information content (AvgIpc) is 2.28. The van der Waals surface area contributed by atoms with Crippen molar-refractivity contribution in [1.82, 2.24) is 10.6 Å². The molecular formula is C14H23ClN2O. The standard InChI is InChI=1S/C14H22N2O.ClH/c1-11-6-7-13(12(2)9-11)10-16-14(17)5-4-8-15-3;/h6-7,9,15H,4-5,8,10H2,1-3H3,(H,16,17);1H. The highest BCUT2D eigenvalue weighted by molar-refractivity contribution is 5.85. The monoisotopic (exact) mass is 270 g/mol. The summed E-state index contributed by atoms with van der Waals surface area (Å²) in [6, 6.07) is 6.30. The molecule has 0 aromatic heterocycles. The topological polar surface area (TPSA) is 41.1 Å². The van der Waals surface area contributed by atoms with Gasteiger partial charge in [0.1, 0.15) is 0 Å². The molecule has 1 aromatic rings. The molecule has 3 nitrogen and oxygen atoms in total. The lowest BCUT2D eigenvalue weighted by atomic mass is 10.1. The number of halogens is 1. The van der Waals surface area contributed by atoms with Crippen LogP contribution in [0.3, 0.4) is 0 Å². The minimum Gasteiger partial charge on any atom is -0.352 e. The van der Waals surface area contributed by atoms with Crippen LogP contribution in [0.5, 0.6) is 0 Å². The molecule has 0 aliphatic heterocycles. The van der Waals surface area contributed by atoms with E-state index in [0.717, 1.165) is 13.0 Å². The van der Waals surface area contributed by atoms with E-state index >= 15 is 0 Å². The predicted octanol–water partition coefficient (Wildman–Crippen LogP) is 2.34. The zero-order valence-corrected chi connectivity index (χ0v) is 12.2. The molecule has 0 saturated heterocycles. The zero-order valence-electron chi connectivity index (χ0n) is 11.4. The average molecular weight is 271 g/mol. The number of benzene rings is 1. The molecule has 0 atom stereocenters. The summed E-state index contributed by atoms with van der Waals surface area (Å²) in [6.45, 7) is 5.67. The van der Waals surface area contributed by atoms with Gasteiger partial charge in [0.05, 0.1) is 0 Å². The fourth-order valence-electron chi connectivity index (χ4n) is 1.75. The number of aryl methyl sites for hydroxylation is 2. The summed E-state index contributed by atoms with van der Waals surface area (Å²) >= 11 is 0.